The topological polar surface area (TPSA) is 48.0 Å². The van der Waals surface area contributed by atoms with Crippen molar-refractivity contribution in [3.8, 4) is 0 Å². The highest BCUT2D eigenvalue weighted by Crippen LogP contribution is 2.18. The molecular weight excluding hydrogens is 176 g/mol. The van der Waals surface area contributed by atoms with Crippen molar-refractivity contribution in [2.24, 2.45) is 5.41 Å². The maximum Gasteiger partial charge on any atom is 0.250 e. The second-order valence-corrected chi connectivity index (χ2v) is 4.80. The van der Waals surface area contributed by atoms with Gasteiger partial charge in [-0.05, 0) is 17.9 Å². The Morgan fingerprint density at radius 3 is 2.57 bits per heavy atom. The Labute approximate surface area is 84.6 Å². The van der Waals surface area contributed by atoms with E-state index in [9.17, 15) is 4.79 Å². The lowest BCUT2D eigenvalue weighted by atomic mass is 9.92. The van der Waals surface area contributed by atoms with E-state index in [1.807, 2.05) is 0 Å². The number of aromatic nitrogens is 1. The standard InChI is InChI=1S/C11H18N2O/c1-11(2,3)6-7-13-8-9(12)4-5-10(13)14/h4-5,8H,6-7,12H2,1-3H3. The Hall–Kier alpha value is -1.25. The van der Waals surface area contributed by atoms with Gasteiger partial charge in [0.15, 0.2) is 0 Å². The van der Waals surface area contributed by atoms with Crippen molar-refractivity contribution in [3.05, 3.63) is 28.7 Å². The monoisotopic (exact) mass is 194 g/mol. The molecule has 0 amide bonds. The molecule has 0 saturated heterocycles. The first-order chi connectivity index (χ1) is 6.38. The lowest BCUT2D eigenvalue weighted by Gasteiger charge is -2.18. The lowest BCUT2D eigenvalue weighted by Crippen LogP contribution is -2.21. The third-order valence-electron chi connectivity index (χ3n) is 2.11. The Bertz CT molecular complexity index is 360. The van der Waals surface area contributed by atoms with Gasteiger partial charge in [-0.2, -0.15) is 0 Å². The fourth-order valence-electron chi connectivity index (χ4n) is 1.18. The highest BCUT2D eigenvalue weighted by atomic mass is 16.1. The Kier molecular flexibility index (Phi) is 2.99. The minimum absolute atomic E-state index is 0.0171. The van der Waals surface area contributed by atoms with E-state index in [-0.39, 0.29) is 11.0 Å². The molecule has 0 radical (unpaired) electrons. The van der Waals surface area contributed by atoms with E-state index in [2.05, 4.69) is 20.8 Å². The number of anilines is 1. The summed E-state index contributed by atoms with van der Waals surface area (Å²) in [5.41, 5.74) is 6.50. The first kappa shape index (κ1) is 10.8. The van der Waals surface area contributed by atoms with Crippen LogP contribution in [0.3, 0.4) is 0 Å². The normalized spacial score (nSPS) is 11.6. The zero-order chi connectivity index (χ0) is 10.8. The van der Waals surface area contributed by atoms with Crippen LogP contribution in [0.5, 0.6) is 0 Å². The molecule has 14 heavy (non-hydrogen) atoms. The summed E-state index contributed by atoms with van der Waals surface area (Å²) in [5.74, 6) is 0. The molecule has 3 nitrogen and oxygen atoms in total. The van der Waals surface area contributed by atoms with Crippen LogP contribution >= 0.6 is 0 Å². The molecule has 0 aromatic carbocycles. The molecule has 0 aliphatic heterocycles. The molecule has 0 aliphatic carbocycles. The molecule has 0 spiro atoms. The molecule has 3 heteroatoms. The van der Waals surface area contributed by atoms with Crippen LogP contribution in [0.4, 0.5) is 5.69 Å². The Morgan fingerprint density at radius 1 is 1.36 bits per heavy atom. The van der Waals surface area contributed by atoms with Crippen molar-refractivity contribution in [1.82, 2.24) is 4.57 Å². The maximum atomic E-state index is 11.4. The van der Waals surface area contributed by atoms with Gasteiger partial charge in [0, 0.05) is 24.5 Å². The molecule has 0 atom stereocenters. The van der Waals surface area contributed by atoms with Gasteiger partial charge in [-0.15, -0.1) is 0 Å². The summed E-state index contributed by atoms with van der Waals surface area (Å²) in [7, 11) is 0. The molecule has 2 N–H and O–H groups in total. The van der Waals surface area contributed by atoms with Crippen LogP contribution < -0.4 is 11.3 Å². The van der Waals surface area contributed by atoms with Gasteiger partial charge in [0.1, 0.15) is 0 Å². The number of aryl methyl sites for hydroxylation is 1. The summed E-state index contributed by atoms with van der Waals surface area (Å²) in [5, 5.41) is 0. The van der Waals surface area contributed by atoms with E-state index >= 15 is 0 Å². The molecule has 1 aromatic rings. The van der Waals surface area contributed by atoms with Gasteiger partial charge in [0.05, 0.1) is 0 Å². The second kappa shape index (κ2) is 3.86. The van der Waals surface area contributed by atoms with Gasteiger partial charge in [-0.1, -0.05) is 20.8 Å². The van der Waals surface area contributed by atoms with Gasteiger partial charge in [-0.25, -0.2) is 0 Å². The number of hydrogen-bond acceptors (Lipinski definition) is 2. The molecule has 0 aliphatic rings. The summed E-state index contributed by atoms with van der Waals surface area (Å²) < 4.78 is 1.67. The summed E-state index contributed by atoms with van der Waals surface area (Å²) in [6, 6.07) is 3.15. The average Bonchev–Trinajstić information content (AvgIpc) is 2.05. The van der Waals surface area contributed by atoms with Crippen molar-refractivity contribution >= 4 is 5.69 Å². The van der Waals surface area contributed by atoms with Crippen LogP contribution in [0.15, 0.2) is 23.1 Å². The Balaban J connectivity index is 2.77. The Morgan fingerprint density at radius 2 is 2.00 bits per heavy atom. The van der Waals surface area contributed by atoms with E-state index < -0.39 is 0 Å². The first-order valence-electron chi connectivity index (χ1n) is 4.84. The third kappa shape index (κ3) is 3.24. The minimum atomic E-state index is 0.0171. The van der Waals surface area contributed by atoms with Crippen LogP contribution in [-0.2, 0) is 6.54 Å². The largest absolute Gasteiger partial charge is 0.398 e. The average molecular weight is 194 g/mol. The minimum Gasteiger partial charge on any atom is -0.398 e. The molecular formula is C11H18N2O. The van der Waals surface area contributed by atoms with Gasteiger partial charge in [-0.3, -0.25) is 4.79 Å². The van der Waals surface area contributed by atoms with Crippen molar-refractivity contribution in [1.29, 1.82) is 0 Å². The number of rotatable bonds is 2. The predicted molar refractivity (Wildman–Crippen MR) is 59.2 cm³/mol. The summed E-state index contributed by atoms with van der Waals surface area (Å²) in [4.78, 5) is 11.4. The van der Waals surface area contributed by atoms with E-state index in [1.54, 1.807) is 16.8 Å². The van der Waals surface area contributed by atoms with Crippen molar-refractivity contribution < 1.29 is 0 Å². The smallest absolute Gasteiger partial charge is 0.250 e. The van der Waals surface area contributed by atoms with Gasteiger partial charge in [0.25, 0.3) is 5.56 Å². The second-order valence-electron chi connectivity index (χ2n) is 4.80. The number of nitrogens with zero attached hydrogens (tertiary/aromatic N) is 1. The van der Waals surface area contributed by atoms with Crippen molar-refractivity contribution in [2.45, 2.75) is 33.7 Å². The predicted octanol–water partition coefficient (Wildman–Crippen LogP) is 1.87. The number of nitrogens with two attached hydrogens (primary N) is 1. The number of pyridine rings is 1. The molecule has 0 saturated carbocycles. The zero-order valence-electron chi connectivity index (χ0n) is 9.08. The molecule has 1 rings (SSSR count). The van der Waals surface area contributed by atoms with E-state index in [0.29, 0.717) is 5.69 Å². The summed E-state index contributed by atoms with van der Waals surface area (Å²) >= 11 is 0. The van der Waals surface area contributed by atoms with Gasteiger partial charge in [0.2, 0.25) is 0 Å². The van der Waals surface area contributed by atoms with Crippen molar-refractivity contribution in [3.63, 3.8) is 0 Å². The molecule has 78 valence electrons. The van der Waals surface area contributed by atoms with Crippen LogP contribution in [0.1, 0.15) is 27.2 Å². The van der Waals surface area contributed by atoms with Gasteiger partial charge < -0.3 is 10.3 Å². The molecule has 0 bridgehead atoms. The summed E-state index contributed by atoms with van der Waals surface area (Å²) in [6.07, 6.45) is 2.67. The fraction of sp³-hybridized carbons (Fsp3) is 0.545. The lowest BCUT2D eigenvalue weighted by molar-refractivity contribution is 0.348. The van der Waals surface area contributed by atoms with Crippen LogP contribution in [0.25, 0.3) is 0 Å². The van der Waals surface area contributed by atoms with Crippen LogP contribution in [0.2, 0.25) is 0 Å². The highest BCUT2D eigenvalue weighted by Gasteiger charge is 2.10. The van der Waals surface area contributed by atoms with Crippen molar-refractivity contribution in [2.75, 3.05) is 5.73 Å². The van der Waals surface area contributed by atoms with E-state index in [0.717, 1.165) is 13.0 Å². The molecule has 0 fully saturated rings. The van der Waals surface area contributed by atoms with E-state index in [4.69, 9.17) is 5.73 Å². The first-order valence-corrected chi connectivity index (χ1v) is 4.84. The molecule has 1 aromatic heterocycles. The molecule has 0 unspecified atom stereocenters. The SMILES string of the molecule is CC(C)(C)CCn1cc(N)ccc1=O. The summed E-state index contributed by atoms with van der Waals surface area (Å²) in [6.45, 7) is 7.20. The quantitative estimate of drug-likeness (QED) is 0.781. The van der Waals surface area contributed by atoms with Crippen LogP contribution in [0, 0.1) is 5.41 Å². The molecule has 1 heterocycles. The van der Waals surface area contributed by atoms with E-state index in [1.165, 1.54) is 6.07 Å². The third-order valence-corrected chi connectivity index (χ3v) is 2.11. The maximum absolute atomic E-state index is 11.4. The fourth-order valence-corrected chi connectivity index (χ4v) is 1.18. The highest BCUT2D eigenvalue weighted by molar-refractivity contribution is 5.33. The van der Waals surface area contributed by atoms with Crippen LogP contribution in [-0.4, -0.2) is 4.57 Å². The zero-order valence-corrected chi connectivity index (χ0v) is 9.08. The number of nitrogen functional groups attached to an aromatic ring is 1. The van der Waals surface area contributed by atoms with Gasteiger partial charge >= 0.3 is 0 Å². The number of hydrogen-bond donors (Lipinski definition) is 1.